The topological polar surface area (TPSA) is 20.2 Å². The fourth-order valence-corrected chi connectivity index (χ4v) is 3.14. The van der Waals surface area contributed by atoms with E-state index in [1.54, 1.807) is 17.4 Å². The van der Waals surface area contributed by atoms with Gasteiger partial charge in [0.25, 0.3) is 0 Å². The minimum Gasteiger partial charge on any atom is -0.508 e. The second-order valence-corrected chi connectivity index (χ2v) is 4.90. The van der Waals surface area contributed by atoms with Crippen LogP contribution in [-0.2, 0) is 5.75 Å². The molecule has 0 aliphatic rings. The summed E-state index contributed by atoms with van der Waals surface area (Å²) in [7, 11) is 0. The van der Waals surface area contributed by atoms with Crippen LogP contribution in [-0.4, -0.2) is 11.4 Å². The van der Waals surface area contributed by atoms with Gasteiger partial charge >= 0.3 is 0 Å². The molecule has 0 aliphatic carbocycles. The summed E-state index contributed by atoms with van der Waals surface area (Å²) in [6, 6.07) is 7.71. The third-order valence-electron chi connectivity index (χ3n) is 1.84. The summed E-state index contributed by atoms with van der Waals surface area (Å²) in [4.78, 5) is 1.37. The molecule has 68 valence electrons. The van der Waals surface area contributed by atoms with E-state index in [-0.39, 0.29) is 0 Å². The first-order valence-corrected chi connectivity index (χ1v) is 6.21. The molecule has 2 rings (SSSR count). The molecule has 0 unspecified atom stereocenters. The van der Waals surface area contributed by atoms with Gasteiger partial charge in [0.05, 0.1) is 0 Å². The van der Waals surface area contributed by atoms with Gasteiger partial charge in [0.15, 0.2) is 0 Å². The maximum atomic E-state index is 9.27. The molecule has 1 aromatic heterocycles. The first kappa shape index (κ1) is 8.91. The van der Waals surface area contributed by atoms with Crippen LogP contribution in [0.3, 0.4) is 0 Å². The molecule has 1 N–H and O–H groups in total. The van der Waals surface area contributed by atoms with Crippen LogP contribution < -0.4 is 0 Å². The molecule has 0 aliphatic heterocycles. The molecule has 0 saturated carbocycles. The normalized spacial score (nSPS) is 10.8. The van der Waals surface area contributed by atoms with Gasteiger partial charge in [-0.15, -0.1) is 11.3 Å². The Labute approximate surface area is 85.4 Å². The van der Waals surface area contributed by atoms with Crippen molar-refractivity contribution in [3.05, 3.63) is 29.1 Å². The van der Waals surface area contributed by atoms with Crippen molar-refractivity contribution in [2.45, 2.75) is 5.75 Å². The van der Waals surface area contributed by atoms with Gasteiger partial charge in [-0.1, -0.05) is 0 Å². The molecule has 0 saturated heterocycles. The molecule has 0 radical (unpaired) electrons. The number of thiophene rings is 1. The van der Waals surface area contributed by atoms with Crippen LogP contribution in [0.25, 0.3) is 10.1 Å². The maximum Gasteiger partial charge on any atom is 0.117 e. The fourth-order valence-electron chi connectivity index (χ4n) is 1.29. The van der Waals surface area contributed by atoms with Crippen molar-refractivity contribution in [3.63, 3.8) is 0 Å². The number of benzene rings is 1. The minimum atomic E-state index is 0.352. The van der Waals surface area contributed by atoms with E-state index in [9.17, 15) is 5.11 Å². The smallest absolute Gasteiger partial charge is 0.117 e. The van der Waals surface area contributed by atoms with E-state index in [2.05, 4.69) is 12.3 Å². The number of fused-ring (bicyclic) bond motifs is 1. The molecule has 0 bridgehead atoms. The number of phenols is 1. The van der Waals surface area contributed by atoms with Crippen LogP contribution in [0.5, 0.6) is 5.75 Å². The molecular weight excluding hydrogens is 200 g/mol. The van der Waals surface area contributed by atoms with Crippen LogP contribution in [0.15, 0.2) is 24.3 Å². The average Bonchev–Trinajstić information content (AvgIpc) is 2.46. The molecule has 2 aromatic rings. The highest BCUT2D eigenvalue weighted by atomic mass is 32.2. The van der Waals surface area contributed by atoms with E-state index in [4.69, 9.17) is 0 Å². The van der Waals surface area contributed by atoms with Gasteiger partial charge in [-0.05, 0) is 35.9 Å². The first-order valence-electron chi connectivity index (χ1n) is 4.00. The van der Waals surface area contributed by atoms with Crippen molar-refractivity contribution in [2.24, 2.45) is 0 Å². The Hall–Kier alpha value is -0.670. The van der Waals surface area contributed by atoms with Gasteiger partial charge in [0.1, 0.15) is 5.75 Å². The fraction of sp³-hybridized carbons (Fsp3) is 0.200. The van der Waals surface area contributed by atoms with E-state index in [1.165, 1.54) is 15.0 Å². The number of phenolic OH excluding ortho intramolecular Hbond substituents is 1. The summed E-state index contributed by atoms with van der Waals surface area (Å²) in [5, 5.41) is 10.5. The summed E-state index contributed by atoms with van der Waals surface area (Å²) >= 11 is 3.58. The van der Waals surface area contributed by atoms with E-state index in [0.29, 0.717) is 5.75 Å². The minimum absolute atomic E-state index is 0.352. The zero-order valence-electron chi connectivity index (χ0n) is 7.28. The van der Waals surface area contributed by atoms with Crippen molar-refractivity contribution in [3.8, 4) is 5.75 Å². The quantitative estimate of drug-likeness (QED) is 0.819. The lowest BCUT2D eigenvalue weighted by molar-refractivity contribution is 0.476. The largest absolute Gasteiger partial charge is 0.508 e. The summed E-state index contributed by atoms with van der Waals surface area (Å²) < 4.78 is 1.17. The van der Waals surface area contributed by atoms with Crippen molar-refractivity contribution in [2.75, 3.05) is 6.26 Å². The van der Waals surface area contributed by atoms with Gasteiger partial charge in [-0.2, -0.15) is 11.8 Å². The highest BCUT2D eigenvalue weighted by Crippen LogP contribution is 2.30. The van der Waals surface area contributed by atoms with Gasteiger partial charge in [0, 0.05) is 15.3 Å². The highest BCUT2D eigenvalue weighted by Gasteiger charge is 2.01. The Morgan fingerprint density at radius 2 is 2.23 bits per heavy atom. The van der Waals surface area contributed by atoms with Crippen molar-refractivity contribution < 1.29 is 5.11 Å². The van der Waals surface area contributed by atoms with Crippen LogP contribution in [0.2, 0.25) is 0 Å². The van der Waals surface area contributed by atoms with E-state index in [0.717, 1.165) is 5.75 Å². The molecule has 3 heteroatoms. The highest BCUT2D eigenvalue weighted by molar-refractivity contribution is 7.97. The van der Waals surface area contributed by atoms with Gasteiger partial charge in [-0.3, -0.25) is 0 Å². The van der Waals surface area contributed by atoms with Gasteiger partial charge < -0.3 is 5.11 Å². The molecule has 0 spiro atoms. The number of rotatable bonds is 2. The SMILES string of the molecule is CSCc1cc2ccc(O)cc2s1. The zero-order valence-corrected chi connectivity index (χ0v) is 8.91. The van der Waals surface area contributed by atoms with E-state index >= 15 is 0 Å². The predicted octanol–water partition coefficient (Wildman–Crippen LogP) is 3.47. The summed E-state index contributed by atoms with van der Waals surface area (Å²) in [6.45, 7) is 0. The third kappa shape index (κ3) is 1.81. The van der Waals surface area contributed by atoms with Crippen LogP contribution in [0.1, 0.15) is 4.88 Å². The second-order valence-electron chi connectivity index (χ2n) is 2.87. The molecule has 0 amide bonds. The number of hydrogen-bond acceptors (Lipinski definition) is 3. The number of thioether (sulfide) groups is 1. The Morgan fingerprint density at radius 3 is 3.00 bits per heavy atom. The van der Waals surface area contributed by atoms with Crippen LogP contribution >= 0.6 is 23.1 Å². The molecule has 1 heterocycles. The molecule has 1 nitrogen and oxygen atoms in total. The molecule has 0 atom stereocenters. The van der Waals surface area contributed by atoms with Gasteiger partial charge in [0.2, 0.25) is 0 Å². The predicted molar refractivity (Wildman–Crippen MR) is 60.7 cm³/mol. The van der Waals surface area contributed by atoms with Crippen LogP contribution in [0.4, 0.5) is 0 Å². The average molecular weight is 210 g/mol. The number of aromatic hydroxyl groups is 1. The van der Waals surface area contributed by atoms with Gasteiger partial charge in [-0.25, -0.2) is 0 Å². The Bertz CT molecular complexity index is 420. The standard InChI is InChI=1S/C10H10OS2/c1-12-6-9-4-7-2-3-8(11)5-10(7)13-9/h2-5,11H,6H2,1H3. The van der Waals surface area contributed by atoms with E-state index < -0.39 is 0 Å². The second kappa shape index (κ2) is 3.60. The number of hydrogen-bond donors (Lipinski definition) is 1. The Morgan fingerprint density at radius 1 is 1.38 bits per heavy atom. The molecule has 13 heavy (non-hydrogen) atoms. The maximum absolute atomic E-state index is 9.27. The summed E-state index contributed by atoms with van der Waals surface area (Å²) in [6.07, 6.45) is 2.10. The lowest BCUT2D eigenvalue weighted by Gasteiger charge is -1.89. The summed E-state index contributed by atoms with van der Waals surface area (Å²) in [5.41, 5.74) is 0. The Balaban J connectivity index is 2.49. The van der Waals surface area contributed by atoms with Crippen molar-refractivity contribution >= 4 is 33.2 Å². The Kier molecular flexibility index (Phi) is 2.47. The first-order chi connectivity index (χ1) is 6.29. The van der Waals surface area contributed by atoms with E-state index in [1.807, 2.05) is 23.9 Å². The molecule has 1 aromatic carbocycles. The van der Waals surface area contributed by atoms with Crippen molar-refractivity contribution in [1.29, 1.82) is 0 Å². The molecule has 0 fully saturated rings. The zero-order chi connectivity index (χ0) is 9.26. The lowest BCUT2D eigenvalue weighted by atomic mass is 10.2. The van der Waals surface area contributed by atoms with Crippen LogP contribution in [0, 0.1) is 0 Å². The summed E-state index contributed by atoms with van der Waals surface area (Å²) in [5.74, 6) is 1.41. The molecular formula is C10H10OS2. The monoisotopic (exact) mass is 210 g/mol. The van der Waals surface area contributed by atoms with Crippen molar-refractivity contribution in [1.82, 2.24) is 0 Å². The third-order valence-corrected chi connectivity index (χ3v) is 3.72. The lowest BCUT2D eigenvalue weighted by Crippen LogP contribution is -1.66.